The largest absolute Gasteiger partial charge is 0.367 e. The van der Waals surface area contributed by atoms with Crippen molar-refractivity contribution in [3.8, 4) is 0 Å². The van der Waals surface area contributed by atoms with Crippen LogP contribution in [0.5, 0.6) is 0 Å². The lowest BCUT2D eigenvalue weighted by Crippen LogP contribution is -2.44. The fourth-order valence-electron chi connectivity index (χ4n) is 3.78. The lowest BCUT2D eigenvalue weighted by molar-refractivity contribution is -0.134. The van der Waals surface area contributed by atoms with Crippen LogP contribution in [0, 0.1) is 0 Å². The van der Waals surface area contributed by atoms with E-state index in [0.717, 1.165) is 0 Å². The van der Waals surface area contributed by atoms with Gasteiger partial charge in [-0.15, -0.1) is 0 Å². The molecule has 3 aromatic rings. The number of rotatable bonds is 6. The zero-order chi connectivity index (χ0) is 25.4. The van der Waals surface area contributed by atoms with Crippen LogP contribution < -0.4 is 5.32 Å². The van der Waals surface area contributed by atoms with Crippen molar-refractivity contribution in [1.29, 1.82) is 0 Å². The molecule has 0 fully saturated rings. The van der Waals surface area contributed by atoms with Gasteiger partial charge in [-0.3, -0.25) is 14.3 Å². The number of allylic oxidation sites excluding steroid dienone is 2. The molecular weight excluding hydrogens is 470 g/mol. The van der Waals surface area contributed by atoms with E-state index in [4.69, 9.17) is 16.3 Å². The third-order valence-electron chi connectivity index (χ3n) is 6.05. The molecule has 4 rings (SSSR count). The number of methoxy groups -OCH3 is 1. The number of anilines is 1. The number of likely N-dealkylation sites (N-methyl/N-ethyl adjacent to an activating group) is 1. The average molecular weight is 498 g/mol. The first-order valence-electron chi connectivity index (χ1n) is 11.1. The minimum absolute atomic E-state index is 0.0119. The van der Waals surface area contributed by atoms with E-state index in [0.29, 0.717) is 34.0 Å². The van der Waals surface area contributed by atoms with E-state index in [1.807, 2.05) is 26.8 Å². The molecule has 1 aliphatic carbocycles. The van der Waals surface area contributed by atoms with Crippen LogP contribution in [0.2, 0.25) is 0 Å². The fraction of sp³-hybridized carbons (Fsp3) is 0.375. The fourth-order valence-corrected chi connectivity index (χ4v) is 4.05. The van der Waals surface area contributed by atoms with Crippen molar-refractivity contribution < 1.29 is 14.3 Å². The van der Waals surface area contributed by atoms with E-state index >= 15 is 0 Å². The average Bonchev–Trinajstić information content (AvgIpc) is 3.42. The molecule has 184 valence electrons. The summed E-state index contributed by atoms with van der Waals surface area (Å²) in [7, 11) is 3.30. The smallest absolute Gasteiger partial charge is 0.261 e. The topological polar surface area (TPSA) is 107 Å². The molecule has 0 spiro atoms. The maximum absolute atomic E-state index is 13.2. The lowest BCUT2D eigenvalue weighted by Gasteiger charge is -2.32. The number of hydrogen-bond acceptors (Lipinski definition) is 6. The highest BCUT2D eigenvalue weighted by Crippen LogP contribution is 2.39. The van der Waals surface area contributed by atoms with E-state index in [9.17, 15) is 9.59 Å². The summed E-state index contributed by atoms with van der Waals surface area (Å²) in [6, 6.07) is 1.73. The number of nitrogens with one attached hydrogen (secondary N) is 1. The van der Waals surface area contributed by atoms with Gasteiger partial charge in [-0.2, -0.15) is 10.2 Å². The van der Waals surface area contributed by atoms with Crippen molar-refractivity contribution in [1.82, 2.24) is 29.3 Å². The van der Waals surface area contributed by atoms with Gasteiger partial charge < -0.3 is 15.0 Å². The molecule has 0 radical (unpaired) electrons. The molecule has 0 saturated heterocycles. The van der Waals surface area contributed by atoms with Crippen LogP contribution in [-0.2, 0) is 21.7 Å². The number of carbonyl (C=O) groups is 2. The van der Waals surface area contributed by atoms with Crippen LogP contribution in [0.3, 0.4) is 0 Å². The molecule has 11 heteroatoms. The molecule has 1 N–H and O–H groups in total. The predicted octanol–water partition coefficient (Wildman–Crippen LogP) is 3.36. The van der Waals surface area contributed by atoms with Gasteiger partial charge in [0.25, 0.3) is 5.91 Å². The van der Waals surface area contributed by atoms with Gasteiger partial charge >= 0.3 is 0 Å². The third-order valence-corrected chi connectivity index (χ3v) is 6.28. The van der Waals surface area contributed by atoms with Crippen LogP contribution in [-0.4, -0.2) is 60.8 Å². The normalized spacial score (nSPS) is 17.9. The van der Waals surface area contributed by atoms with Gasteiger partial charge in [0.15, 0.2) is 5.65 Å². The molecule has 1 aliphatic rings. The molecule has 2 amide bonds. The lowest BCUT2D eigenvalue weighted by atomic mass is 9.90. The molecule has 3 heterocycles. The number of fused-ring (bicyclic) bond motifs is 1. The maximum Gasteiger partial charge on any atom is 0.261 e. The third kappa shape index (κ3) is 4.85. The highest BCUT2D eigenvalue weighted by molar-refractivity contribution is 6.31. The molecule has 0 saturated carbocycles. The van der Waals surface area contributed by atoms with Crippen LogP contribution in [0.1, 0.15) is 43.2 Å². The summed E-state index contributed by atoms with van der Waals surface area (Å²) < 4.78 is 8.90. The molecule has 3 aromatic heterocycles. The minimum Gasteiger partial charge on any atom is -0.367 e. The van der Waals surface area contributed by atoms with Gasteiger partial charge in [-0.1, -0.05) is 17.7 Å². The summed E-state index contributed by atoms with van der Waals surface area (Å²) in [5.74, 6) is -0.537. The molecule has 0 aromatic carbocycles. The first-order chi connectivity index (χ1) is 16.5. The van der Waals surface area contributed by atoms with Crippen molar-refractivity contribution in [2.45, 2.75) is 44.9 Å². The molecule has 0 bridgehead atoms. The monoisotopic (exact) mass is 497 g/mol. The Morgan fingerprint density at radius 3 is 2.80 bits per heavy atom. The van der Waals surface area contributed by atoms with Gasteiger partial charge in [-0.25, -0.2) is 9.50 Å². The zero-order valence-corrected chi connectivity index (χ0v) is 21.1. The van der Waals surface area contributed by atoms with Gasteiger partial charge in [0.05, 0.1) is 11.9 Å². The zero-order valence-electron chi connectivity index (χ0n) is 20.3. The summed E-state index contributed by atoms with van der Waals surface area (Å²) in [4.78, 5) is 32.0. The Labute approximate surface area is 208 Å². The van der Waals surface area contributed by atoms with E-state index in [1.165, 1.54) is 15.4 Å². The summed E-state index contributed by atoms with van der Waals surface area (Å²) >= 11 is 6.31. The number of aromatic nitrogens is 5. The molecule has 1 atom stereocenters. The number of halogens is 1. The summed E-state index contributed by atoms with van der Waals surface area (Å²) in [6.45, 7) is 5.85. The molecule has 1 unspecified atom stereocenters. The Morgan fingerprint density at radius 1 is 1.34 bits per heavy atom. The maximum atomic E-state index is 13.2. The minimum atomic E-state index is -1.02. The van der Waals surface area contributed by atoms with Crippen molar-refractivity contribution in [3.63, 3.8) is 0 Å². The van der Waals surface area contributed by atoms with E-state index < -0.39 is 11.5 Å². The van der Waals surface area contributed by atoms with Gasteiger partial charge in [0.1, 0.15) is 23.4 Å². The number of nitrogens with zero attached hydrogens (tertiary/aromatic N) is 6. The summed E-state index contributed by atoms with van der Waals surface area (Å²) in [6.07, 6.45) is 12.2. The van der Waals surface area contributed by atoms with Crippen LogP contribution in [0.15, 0.2) is 54.1 Å². The number of carbonyl (C=O) groups excluding carboxylic acids is 2. The van der Waals surface area contributed by atoms with Crippen molar-refractivity contribution in [2.75, 3.05) is 19.5 Å². The standard InChI is InChI=1S/C24H28ClN7O3/c1-23(2,3)30(4)19(33)15-31-14-18(20(29-31)24(35-5)9-6-8-16(25)12-24)28-22(34)17-13-27-32-11-7-10-26-21(17)32/h6-8,10-14H,9,15H2,1-5H3,(H,28,34). The van der Waals surface area contributed by atoms with E-state index in [-0.39, 0.29) is 18.0 Å². The first-order valence-corrected chi connectivity index (χ1v) is 11.5. The Kier molecular flexibility index (Phi) is 6.52. The van der Waals surface area contributed by atoms with Crippen molar-refractivity contribution in [2.24, 2.45) is 0 Å². The molecule has 35 heavy (non-hydrogen) atoms. The van der Waals surface area contributed by atoms with Crippen LogP contribution in [0.4, 0.5) is 5.69 Å². The Hall–Kier alpha value is -3.50. The van der Waals surface area contributed by atoms with Crippen molar-refractivity contribution >= 4 is 34.7 Å². The van der Waals surface area contributed by atoms with Gasteiger partial charge in [0.2, 0.25) is 5.91 Å². The molecule has 0 aliphatic heterocycles. The van der Waals surface area contributed by atoms with Crippen molar-refractivity contribution in [3.05, 3.63) is 65.4 Å². The van der Waals surface area contributed by atoms with Gasteiger partial charge in [0, 0.05) is 49.7 Å². The Balaban J connectivity index is 1.72. The summed E-state index contributed by atoms with van der Waals surface area (Å²) in [5, 5.41) is 12.2. The Bertz CT molecular complexity index is 1330. The second-order valence-corrected chi connectivity index (χ2v) is 9.78. The van der Waals surface area contributed by atoms with Crippen LogP contribution >= 0.6 is 11.6 Å². The second kappa shape index (κ2) is 9.27. The van der Waals surface area contributed by atoms with Crippen LogP contribution in [0.25, 0.3) is 5.65 Å². The predicted molar refractivity (Wildman–Crippen MR) is 132 cm³/mol. The Morgan fingerprint density at radius 2 is 2.11 bits per heavy atom. The number of hydrogen-bond donors (Lipinski definition) is 1. The highest BCUT2D eigenvalue weighted by atomic mass is 35.5. The molecule has 10 nitrogen and oxygen atoms in total. The van der Waals surface area contributed by atoms with Gasteiger partial charge in [-0.05, 0) is 39.0 Å². The highest BCUT2D eigenvalue weighted by Gasteiger charge is 2.37. The van der Waals surface area contributed by atoms with E-state index in [2.05, 4.69) is 20.5 Å². The summed E-state index contributed by atoms with van der Waals surface area (Å²) in [5.41, 5.74) is 0.194. The van der Waals surface area contributed by atoms with E-state index in [1.54, 1.807) is 55.9 Å². The number of amides is 2. The SMILES string of the molecule is COC1(c2nn(CC(=O)N(C)C(C)(C)C)cc2NC(=O)c2cnn3cccnc23)C=C(Cl)C=CC1. The number of ether oxygens (including phenoxy) is 1. The first kappa shape index (κ1) is 24.6. The quantitative estimate of drug-likeness (QED) is 0.559. The molecular formula is C24H28ClN7O3. The second-order valence-electron chi connectivity index (χ2n) is 9.34.